The maximum atomic E-state index is 10.8. The Bertz CT molecular complexity index is 406. The predicted molar refractivity (Wildman–Crippen MR) is 72.4 cm³/mol. The lowest BCUT2D eigenvalue weighted by Gasteiger charge is -2.21. The number of nitrogens with zero attached hydrogens (tertiary/aromatic N) is 1. The first-order valence-electron chi connectivity index (χ1n) is 6.34. The molecule has 0 spiro atoms. The van der Waals surface area contributed by atoms with Crippen LogP contribution in [0.4, 0.5) is 0 Å². The molecule has 5 nitrogen and oxygen atoms in total. The zero-order valence-corrected chi connectivity index (χ0v) is 10.9. The molecule has 0 saturated carbocycles. The summed E-state index contributed by atoms with van der Waals surface area (Å²) >= 11 is 0. The van der Waals surface area contributed by atoms with E-state index in [1.807, 2.05) is 30.3 Å². The summed E-state index contributed by atoms with van der Waals surface area (Å²) in [5.41, 5.74) is 6.29. The molecular weight excluding hydrogens is 244 g/mol. The van der Waals surface area contributed by atoms with Gasteiger partial charge in [-0.05, 0) is 18.5 Å². The number of carbonyl (C=O) groups is 2. The largest absolute Gasteiger partial charge is 0.481 e. The Morgan fingerprint density at radius 2 is 1.79 bits per heavy atom. The number of hydrogen-bond acceptors (Lipinski definition) is 3. The lowest BCUT2D eigenvalue weighted by atomic mass is 10.2. The van der Waals surface area contributed by atoms with E-state index < -0.39 is 5.97 Å². The average Bonchev–Trinajstić information content (AvgIpc) is 2.36. The number of carboxylic acids is 1. The molecule has 0 fully saturated rings. The molecule has 104 valence electrons. The summed E-state index contributed by atoms with van der Waals surface area (Å²) in [5.74, 6) is -1.13. The Hall–Kier alpha value is -1.88. The lowest BCUT2D eigenvalue weighted by molar-refractivity contribution is -0.137. The number of nitrogens with two attached hydrogens (primary N) is 1. The summed E-state index contributed by atoms with van der Waals surface area (Å²) in [5, 5.41) is 8.64. The van der Waals surface area contributed by atoms with Crippen molar-refractivity contribution in [2.75, 3.05) is 13.1 Å². The molecule has 3 N–H and O–H groups in total. The Morgan fingerprint density at radius 3 is 2.37 bits per heavy atom. The standard InChI is InChI=1S/C14H20N2O3/c15-13(17)8-10-16(9-4-7-14(18)19)11-12-5-2-1-3-6-12/h1-3,5-6H,4,7-11H2,(H2,15,17)(H,18,19). The van der Waals surface area contributed by atoms with Gasteiger partial charge >= 0.3 is 5.97 Å². The van der Waals surface area contributed by atoms with Crippen molar-refractivity contribution in [1.82, 2.24) is 4.90 Å². The monoisotopic (exact) mass is 264 g/mol. The van der Waals surface area contributed by atoms with Gasteiger partial charge in [-0.1, -0.05) is 30.3 Å². The third kappa shape index (κ3) is 7.21. The van der Waals surface area contributed by atoms with Gasteiger partial charge in [0.05, 0.1) is 0 Å². The first kappa shape index (κ1) is 15.2. The Balaban J connectivity index is 2.48. The van der Waals surface area contributed by atoms with Crippen LogP contribution in [0.3, 0.4) is 0 Å². The van der Waals surface area contributed by atoms with Gasteiger partial charge in [0.25, 0.3) is 0 Å². The van der Waals surface area contributed by atoms with Crippen LogP contribution >= 0.6 is 0 Å². The van der Waals surface area contributed by atoms with Crippen LogP contribution in [0, 0.1) is 0 Å². The van der Waals surface area contributed by atoms with Crippen molar-refractivity contribution in [3.05, 3.63) is 35.9 Å². The van der Waals surface area contributed by atoms with Crippen molar-refractivity contribution < 1.29 is 14.7 Å². The van der Waals surface area contributed by atoms with Gasteiger partial charge in [-0.3, -0.25) is 14.5 Å². The van der Waals surface area contributed by atoms with Gasteiger partial charge in [0.15, 0.2) is 0 Å². The number of primary amides is 1. The number of aliphatic carboxylic acids is 1. The fourth-order valence-electron chi connectivity index (χ4n) is 1.83. The minimum absolute atomic E-state index is 0.141. The first-order valence-corrected chi connectivity index (χ1v) is 6.34. The van der Waals surface area contributed by atoms with Gasteiger partial charge in [-0.2, -0.15) is 0 Å². The van der Waals surface area contributed by atoms with E-state index in [4.69, 9.17) is 10.8 Å². The minimum Gasteiger partial charge on any atom is -0.481 e. The molecule has 0 bridgehead atoms. The van der Waals surface area contributed by atoms with Crippen LogP contribution in [-0.4, -0.2) is 35.0 Å². The second kappa shape index (κ2) is 8.26. The van der Waals surface area contributed by atoms with Gasteiger partial charge in [0.2, 0.25) is 5.91 Å². The van der Waals surface area contributed by atoms with E-state index in [9.17, 15) is 9.59 Å². The number of carbonyl (C=O) groups excluding carboxylic acids is 1. The normalized spacial score (nSPS) is 10.6. The highest BCUT2D eigenvalue weighted by Gasteiger charge is 2.08. The fourth-order valence-corrected chi connectivity index (χ4v) is 1.83. The molecule has 0 unspecified atom stereocenters. The molecule has 5 heteroatoms. The zero-order chi connectivity index (χ0) is 14.1. The van der Waals surface area contributed by atoms with Gasteiger partial charge < -0.3 is 10.8 Å². The third-order valence-corrected chi connectivity index (χ3v) is 2.79. The highest BCUT2D eigenvalue weighted by Crippen LogP contribution is 2.06. The highest BCUT2D eigenvalue weighted by molar-refractivity contribution is 5.73. The summed E-state index contributed by atoms with van der Waals surface area (Å²) < 4.78 is 0. The minimum atomic E-state index is -0.797. The van der Waals surface area contributed by atoms with Crippen LogP contribution in [0.5, 0.6) is 0 Å². The van der Waals surface area contributed by atoms with E-state index in [-0.39, 0.29) is 12.3 Å². The van der Waals surface area contributed by atoms with Crippen LogP contribution in [0.1, 0.15) is 24.8 Å². The van der Waals surface area contributed by atoms with Crippen LogP contribution in [-0.2, 0) is 16.1 Å². The van der Waals surface area contributed by atoms with Crippen molar-refractivity contribution >= 4 is 11.9 Å². The maximum Gasteiger partial charge on any atom is 0.303 e. The summed E-state index contributed by atoms with van der Waals surface area (Å²) in [6.45, 7) is 1.91. The molecule has 0 aliphatic rings. The van der Waals surface area contributed by atoms with E-state index in [0.29, 0.717) is 32.5 Å². The zero-order valence-electron chi connectivity index (χ0n) is 10.9. The van der Waals surface area contributed by atoms with Crippen molar-refractivity contribution in [3.63, 3.8) is 0 Å². The molecule has 0 heterocycles. The molecule has 1 aromatic rings. The molecule has 0 radical (unpaired) electrons. The SMILES string of the molecule is NC(=O)CCN(CCCC(=O)O)Cc1ccccc1. The molecule has 19 heavy (non-hydrogen) atoms. The van der Waals surface area contributed by atoms with Gasteiger partial charge in [-0.15, -0.1) is 0 Å². The average molecular weight is 264 g/mol. The number of hydrogen-bond donors (Lipinski definition) is 2. The van der Waals surface area contributed by atoms with E-state index in [1.165, 1.54) is 0 Å². The van der Waals surface area contributed by atoms with Gasteiger partial charge in [0, 0.05) is 25.9 Å². The van der Waals surface area contributed by atoms with Crippen molar-refractivity contribution in [2.45, 2.75) is 25.8 Å². The Morgan fingerprint density at radius 1 is 1.11 bits per heavy atom. The Kier molecular flexibility index (Phi) is 6.60. The van der Waals surface area contributed by atoms with E-state index in [0.717, 1.165) is 5.56 Å². The molecule has 1 aromatic carbocycles. The quantitative estimate of drug-likeness (QED) is 0.702. The molecule has 1 amide bonds. The van der Waals surface area contributed by atoms with E-state index in [1.54, 1.807) is 0 Å². The maximum absolute atomic E-state index is 10.8. The number of rotatable bonds is 9. The summed E-state index contributed by atoms with van der Waals surface area (Å²) in [6, 6.07) is 9.88. The molecule has 1 rings (SSSR count). The number of benzene rings is 1. The molecule has 0 atom stereocenters. The Labute approximate surface area is 113 Å². The summed E-state index contributed by atoms with van der Waals surface area (Å²) in [6.07, 6.45) is 1.00. The van der Waals surface area contributed by atoms with E-state index >= 15 is 0 Å². The molecule has 0 saturated heterocycles. The second-order valence-corrected chi connectivity index (χ2v) is 4.48. The molecule has 0 aliphatic heterocycles. The molecule has 0 aromatic heterocycles. The highest BCUT2D eigenvalue weighted by atomic mass is 16.4. The van der Waals surface area contributed by atoms with Gasteiger partial charge in [0.1, 0.15) is 0 Å². The topological polar surface area (TPSA) is 83.6 Å². The van der Waals surface area contributed by atoms with Crippen molar-refractivity contribution in [3.8, 4) is 0 Å². The van der Waals surface area contributed by atoms with Crippen LogP contribution in [0.2, 0.25) is 0 Å². The lowest BCUT2D eigenvalue weighted by Crippen LogP contribution is -2.29. The number of amides is 1. The first-order chi connectivity index (χ1) is 9.08. The summed E-state index contributed by atoms with van der Waals surface area (Å²) in [7, 11) is 0. The smallest absolute Gasteiger partial charge is 0.303 e. The second-order valence-electron chi connectivity index (χ2n) is 4.48. The van der Waals surface area contributed by atoms with Crippen LogP contribution in [0.25, 0.3) is 0 Å². The fraction of sp³-hybridized carbons (Fsp3) is 0.429. The van der Waals surface area contributed by atoms with Crippen LogP contribution in [0.15, 0.2) is 30.3 Å². The number of carboxylic acid groups (broad SMARTS) is 1. The van der Waals surface area contributed by atoms with Gasteiger partial charge in [-0.25, -0.2) is 0 Å². The van der Waals surface area contributed by atoms with Crippen LogP contribution < -0.4 is 5.73 Å². The van der Waals surface area contributed by atoms with Crippen molar-refractivity contribution in [1.29, 1.82) is 0 Å². The van der Waals surface area contributed by atoms with E-state index in [2.05, 4.69) is 4.90 Å². The third-order valence-electron chi connectivity index (χ3n) is 2.79. The predicted octanol–water partition coefficient (Wildman–Crippen LogP) is 1.23. The molecular formula is C14H20N2O3. The van der Waals surface area contributed by atoms with Crippen molar-refractivity contribution in [2.24, 2.45) is 5.73 Å². The molecule has 0 aliphatic carbocycles. The summed E-state index contributed by atoms with van der Waals surface area (Å²) in [4.78, 5) is 23.4.